The number of hydrogen-bond acceptors (Lipinski definition) is 7. The highest BCUT2D eigenvalue weighted by Crippen LogP contribution is 2.32. The average Bonchev–Trinajstić information content (AvgIpc) is 3.48. The van der Waals surface area contributed by atoms with E-state index in [2.05, 4.69) is 0 Å². The third-order valence-electron chi connectivity index (χ3n) is 5.62. The maximum atomic E-state index is 13.5. The van der Waals surface area contributed by atoms with Gasteiger partial charge >= 0.3 is 5.97 Å². The van der Waals surface area contributed by atoms with Crippen molar-refractivity contribution >= 4 is 44.8 Å². The molecule has 0 radical (unpaired) electrons. The summed E-state index contributed by atoms with van der Waals surface area (Å²) >= 11 is 1.05. The number of rotatable bonds is 8. The molecule has 35 heavy (non-hydrogen) atoms. The van der Waals surface area contributed by atoms with Crippen molar-refractivity contribution in [3.63, 3.8) is 0 Å². The van der Waals surface area contributed by atoms with E-state index in [0.717, 1.165) is 26.1 Å². The first-order valence-corrected chi connectivity index (χ1v) is 13.3. The van der Waals surface area contributed by atoms with Crippen molar-refractivity contribution in [2.24, 2.45) is 0 Å². The molecule has 1 aliphatic rings. The van der Waals surface area contributed by atoms with E-state index < -0.39 is 33.8 Å². The molecule has 1 saturated heterocycles. The molecule has 0 bridgehead atoms. The predicted molar refractivity (Wildman–Crippen MR) is 132 cm³/mol. The zero-order chi connectivity index (χ0) is 25.2. The number of thiophene rings is 1. The van der Waals surface area contributed by atoms with Crippen LogP contribution in [0.15, 0.2) is 70.3 Å². The zero-order valence-corrected chi connectivity index (χ0v) is 20.8. The number of hydrogen-bond donors (Lipinski definition) is 0. The molecule has 0 saturated carbocycles. The largest absolute Gasteiger partial charge is 0.462 e. The summed E-state index contributed by atoms with van der Waals surface area (Å²) in [4.78, 5) is 39.3. The molecule has 0 aliphatic carbocycles. The van der Waals surface area contributed by atoms with Crippen molar-refractivity contribution < 1.29 is 27.5 Å². The summed E-state index contributed by atoms with van der Waals surface area (Å²) in [5.74, 6) is -1.66. The molecule has 1 fully saturated rings. The van der Waals surface area contributed by atoms with E-state index >= 15 is 0 Å². The van der Waals surface area contributed by atoms with Gasteiger partial charge in [0.15, 0.2) is 0 Å². The monoisotopic (exact) mass is 512 g/mol. The Morgan fingerprint density at radius 2 is 1.77 bits per heavy atom. The van der Waals surface area contributed by atoms with E-state index in [9.17, 15) is 22.8 Å². The normalized spacial score (nSPS) is 16.2. The number of carbonyl (C=O) groups is 3. The van der Waals surface area contributed by atoms with Crippen molar-refractivity contribution in [2.45, 2.75) is 37.1 Å². The highest BCUT2D eigenvalue weighted by atomic mass is 32.2. The Balaban J connectivity index is 1.66. The third-order valence-corrected chi connectivity index (χ3v) is 8.85. The van der Waals surface area contributed by atoms with Crippen LogP contribution in [0.4, 0.5) is 5.69 Å². The third kappa shape index (κ3) is 5.04. The molecular weight excluding hydrogens is 488 g/mol. The fraction of sp³-hybridized carbons (Fsp3) is 0.240. The molecule has 1 aromatic heterocycles. The number of esters is 1. The lowest BCUT2D eigenvalue weighted by Crippen LogP contribution is -2.44. The van der Waals surface area contributed by atoms with Crippen LogP contribution < -0.4 is 4.90 Å². The van der Waals surface area contributed by atoms with E-state index in [4.69, 9.17) is 4.74 Å². The molecule has 2 amide bonds. The number of sulfonamides is 1. The first-order valence-electron chi connectivity index (χ1n) is 11.0. The summed E-state index contributed by atoms with van der Waals surface area (Å²) in [7, 11) is -4.04. The van der Waals surface area contributed by atoms with E-state index in [1.165, 1.54) is 30.3 Å². The number of anilines is 1. The number of aryl methyl sites for hydroxylation is 1. The Labute approximate surface area is 207 Å². The summed E-state index contributed by atoms with van der Waals surface area (Å²) in [6.07, 6.45) is -0.283. The summed E-state index contributed by atoms with van der Waals surface area (Å²) < 4.78 is 33.2. The second kappa shape index (κ2) is 10.1. The van der Waals surface area contributed by atoms with Crippen LogP contribution in [0, 0.1) is 6.92 Å². The predicted octanol–water partition coefficient (Wildman–Crippen LogP) is 3.76. The van der Waals surface area contributed by atoms with Gasteiger partial charge in [-0.05, 0) is 55.1 Å². The molecule has 3 aromatic rings. The highest BCUT2D eigenvalue weighted by Gasteiger charge is 2.47. The molecule has 8 nitrogen and oxygen atoms in total. The van der Waals surface area contributed by atoms with Gasteiger partial charge in [0.1, 0.15) is 10.3 Å². The summed E-state index contributed by atoms with van der Waals surface area (Å²) in [6, 6.07) is 15.1. The van der Waals surface area contributed by atoms with Crippen LogP contribution in [-0.4, -0.2) is 43.2 Å². The number of benzene rings is 2. The van der Waals surface area contributed by atoms with Gasteiger partial charge in [-0.15, -0.1) is 11.3 Å². The van der Waals surface area contributed by atoms with Crippen molar-refractivity contribution in [3.8, 4) is 0 Å². The lowest BCUT2D eigenvalue weighted by Gasteiger charge is -2.26. The Kier molecular flexibility index (Phi) is 7.15. The quantitative estimate of drug-likeness (QED) is 0.337. The number of nitrogens with zero attached hydrogens (tertiary/aromatic N) is 2. The maximum absolute atomic E-state index is 13.5. The molecule has 2 heterocycles. The second-order valence-electron chi connectivity index (χ2n) is 8.02. The molecule has 4 rings (SSSR count). The van der Waals surface area contributed by atoms with Crippen molar-refractivity contribution in [2.75, 3.05) is 11.5 Å². The Morgan fingerprint density at radius 3 is 2.37 bits per heavy atom. The highest BCUT2D eigenvalue weighted by molar-refractivity contribution is 7.91. The van der Waals surface area contributed by atoms with Gasteiger partial charge in [-0.3, -0.25) is 9.59 Å². The number of imide groups is 1. The molecule has 10 heteroatoms. The van der Waals surface area contributed by atoms with Gasteiger partial charge in [0, 0.05) is 6.54 Å². The van der Waals surface area contributed by atoms with Gasteiger partial charge in [0.2, 0.25) is 5.91 Å². The van der Waals surface area contributed by atoms with Gasteiger partial charge in [0.25, 0.3) is 15.9 Å². The fourth-order valence-electron chi connectivity index (χ4n) is 3.84. The van der Waals surface area contributed by atoms with Crippen LogP contribution in [0.25, 0.3) is 0 Å². The molecule has 182 valence electrons. The first-order chi connectivity index (χ1) is 16.7. The first kappa shape index (κ1) is 24.8. The van der Waals surface area contributed by atoms with E-state index in [-0.39, 0.29) is 35.0 Å². The summed E-state index contributed by atoms with van der Waals surface area (Å²) in [6.45, 7) is 3.79. The number of ether oxygens (including phenoxy) is 1. The van der Waals surface area contributed by atoms with Crippen LogP contribution in [0.2, 0.25) is 0 Å². The SMILES string of the molecule is CCOC(=O)c1ccc(N2C(=O)CC(N(Cc3ccc(C)cc3)S(=O)(=O)c3cccs3)C2=O)cc1. The van der Waals surface area contributed by atoms with E-state index in [1.54, 1.807) is 30.5 Å². The Morgan fingerprint density at radius 1 is 1.09 bits per heavy atom. The average molecular weight is 513 g/mol. The molecule has 1 unspecified atom stereocenters. The van der Waals surface area contributed by atoms with Gasteiger partial charge in [-0.25, -0.2) is 18.1 Å². The standard InChI is InChI=1S/C25H24N2O6S2/c1-3-33-25(30)19-10-12-20(13-11-19)27-22(28)15-21(24(27)29)26(16-18-8-6-17(2)7-9-18)35(31,32)23-5-4-14-34-23/h4-14,21H,3,15-16H2,1-2H3. The minimum absolute atomic E-state index is 0.0557. The van der Waals surface area contributed by atoms with E-state index in [1.807, 2.05) is 19.1 Å². The minimum atomic E-state index is -4.04. The van der Waals surface area contributed by atoms with Crippen LogP contribution in [0.3, 0.4) is 0 Å². The molecular formula is C25H24N2O6S2. The topological polar surface area (TPSA) is 101 Å². The van der Waals surface area contributed by atoms with Crippen LogP contribution in [-0.2, 0) is 30.9 Å². The van der Waals surface area contributed by atoms with Gasteiger partial charge in [-0.2, -0.15) is 4.31 Å². The molecule has 1 atom stereocenters. The molecule has 0 spiro atoms. The van der Waals surface area contributed by atoms with Gasteiger partial charge in [0.05, 0.1) is 24.3 Å². The van der Waals surface area contributed by atoms with Crippen LogP contribution in [0.1, 0.15) is 34.8 Å². The zero-order valence-electron chi connectivity index (χ0n) is 19.2. The number of carbonyl (C=O) groups excluding carboxylic acids is 3. The lowest BCUT2D eigenvalue weighted by molar-refractivity contribution is -0.122. The van der Waals surface area contributed by atoms with Crippen molar-refractivity contribution in [1.82, 2.24) is 4.31 Å². The fourth-order valence-corrected chi connectivity index (χ4v) is 6.52. The van der Waals surface area contributed by atoms with Crippen molar-refractivity contribution in [3.05, 3.63) is 82.7 Å². The Hall–Kier alpha value is -3.34. The Bertz CT molecular complexity index is 1330. The molecule has 2 aromatic carbocycles. The molecule has 0 N–H and O–H groups in total. The van der Waals surface area contributed by atoms with Crippen molar-refractivity contribution in [1.29, 1.82) is 0 Å². The summed E-state index contributed by atoms with van der Waals surface area (Å²) in [5, 5.41) is 1.65. The van der Waals surface area contributed by atoms with Gasteiger partial charge in [-0.1, -0.05) is 35.9 Å². The van der Waals surface area contributed by atoms with Crippen LogP contribution >= 0.6 is 11.3 Å². The maximum Gasteiger partial charge on any atom is 0.338 e. The smallest absolute Gasteiger partial charge is 0.338 e. The lowest BCUT2D eigenvalue weighted by atomic mass is 10.1. The summed E-state index contributed by atoms with van der Waals surface area (Å²) in [5.41, 5.74) is 2.27. The minimum Gasteiger partial charge on any atom is -0.462 e. The van der Waals surface area contributed by atoms with Gasteiger partial charge < -0.3 is 4.74 Å². The second-order valence-corrected chi connectivity index (χ2v) is 11.1. The number of amides is 2. The molecule has 1 aliphatic heterocycles. The van der Waals surface area contributed by atoms with E-state index in [0.29, 0.717) is 5.56 Å². The van der Waals surface area contributed by atoms with Crippen LogP contribution in [0.5, 0.6) is 0 Å².